The number of carbonyl (C=O) groups is 3. The zero-order valence-corrected chi connectivity index (χ0v) is 16.6. The molecule has 152 valence electrons. The van der Waals surface area contributed by atoms with E-state index in [1.807, 2.05) is 49.1 Å². The van der Waals surface area contributed by atoms with Crippen molar-refractivity contribution in [1.29, 1.82) is 0 Å². The van der Waals surface area contributed by atoms with Crippen molar-refractivity contribution in [3.63, 3.8) is 0 Å². The lowest BCUT2D eigenvalue weighted by Crippen LogP contribution is -2.54. The molecule has 2 heterocycles. The average Bonchev–Trinajstić information content (AvgIpc) is 2.83. The van der Waals surface area contributed by atoms with E-state index >= 15 is 0 Å². The zero-order chi connectivity index (χ0) is 20.3. The van der Waals surface area contributed by atoms with Gasteiger partial charge < -0.3 is 10.1 Å². The molecule has 2 N–H and O–H groups in total. The smallest absolute Gasteiger partial charge is 0.344 e. The van der Waals surface area contributed by atoms with Crippen LogP contribution in [0.2, 0.25) is 0 Å². The third kappa shape index (κ3) is 4.69. The second-order valence-corrected chi connectivity index (χ2v) is 7.87. The Hall–Kier alpha value is -2.45. The van der Waals surface area contributed by atoms with Gasteiger partial charge in [0.05, 0.1) is 18.8 Å². The van der Waals surface area contributed by atoms with Crippen LogP contribution in [0.25, 0.3) is 0 Å². The third-order valence-electron chi connectivity index (χ3n) is 5.12. The number of hydrogen-bond acceptors (Lipinski definition) is 5. The molecule has 3 atom stereocenters. The Morgan fingerprint density at radius 1 is 1.21 bits per heavy atom. The number of morpholine rings is 1. The van der Waals surface area contributed by atoms with E-state index in [-0.39, 0.29) is 18.8 Å². The van der Waals surface area contributed by atoms with Crippen LogP contribution >= 0.6 is 0 Å². The van der Waals surface area contributed by atoms with Crippen LogP contribution in [0.5, 0.6) is 0 Å². The van der Waals surface area contributed by atoms with Crippen LogP contribution in [-0.4, -0.2) is 65.1 Å². The highest BCUT2D eigenvalue weighted by Crippen LogP contribution is 2.22. The number of nitrogens with zero attached hydrogens (tertiary/aromatic N) is 2. The van der Waals surface area contributed by atoms with E-state index in [4.69, 9.17) is 4.74 Å². The summed E-state index contributed by atoms with van der Waals surface area (Å²) in [6.07, 6.45) is 1.17. The highest BCUT2D eigenvalue weighted by Gasteiger charge is 2.48. The molecule has 0 radical (unpaired) electrons. The Labute approximate surface area is 165 Å². The summed E-state index contributed by atoms with van der Waals surface area (Å²) in [4.78, 5) is 39.4. The maximum Gasteiger partial charge on any atom is 0.344 e. The Bertz CT molecular complexity index is 731. The molecule has 0 saturated carbocycles. The molecule has 1 aromatic rings. The summed E-state index contributed by atoms with van der Waals surface area (Å²) in [5.41, 5.74) is 2.51. The Kier molecular flexibility index (Phi) is 6.00. The van der Waals surface area contributed by atoms with Gasteiger partial charge in [0.15, 0.2) is 0 Å². The van der Waals surface area contributed by atoms with Gasteiger partial charge in [-0.1, -0.05) is 30.3 Å². The average molecular weight is 388 g/mol. The van der Waals surface area contributed by atoms with Crippen LogP contribution in [0.1, 0.15) is 32.8 Å². The van der Waals surface area contributed by atoms with Crippen molar-refractivity contribution in [2.75, 3.05) is 19.6 Å². The summed E-state index contributed by atoms with van der Waals surface area (Å²) >= 11 is 0. The first-order valence-corrected chi connectivity index (χ1v) is 9.65. The van der Waals surface area contributed by atoms with Crippen molar-refractivity contribution in [3.8, 4) is 0 Å². The fourth-order valence-corrected chi connectivity index (χ4v) is 3.77. The minimum atomic E-state index is -1.04. The molecule has 0 aromatic heterocycles. The number of benzene rings is 1. The third-order valence-corrected chi connectivity index (χ3v) is 5.12. The van der Waals surface area contributed by atoms with Gasteiger partial charge in [-0.3, -0.25) is 19.9 Å². The van der Waals surface area contributed by atoms with Crippen LogP contribution in [0.15, 0.2) is 30.3 Å². The number of nitrogens with one attached hydrogen (secondary N) is 2. The topological polar surface area (TPSA) is 91.0 Å². The van der Waals surface area contributed by atoms with Crippen molar-refractivity contribution in [2.45, 2.75) is 51.4 Å². The fourth-order valence-electron chi connectivity index (χ4n) is 3.77. The number of urea groups is 1. The summed E-state index contributed by atoms with van der Waals surface area (Å²) < 4.78 is 5.65. The zero-order valence-electron chi connectivity index (χ0n) is 16.6. The second-order valence-electron chi connectivity index (χ2n) is 7.87. The maximum absolute atomic E-state index is 12.8. The highest BCUT2D eigenvalue weighted by molar-refractivity contribution is 6.07. The molecule has 8 nitrogen and oxygen atoms in total. The lowest BCUT2D eigenvalue weighted by molar-refractivity contribution is -0.140. The molecule has 28 heavy (non-hydrogen) atoms. The molecule has 0 bridgehead atoms. The first-order valence-electron chi connectivity index (χ1n) is 9.65. The van der Waals surface area contributed by atoms with Gasteiger partial charge in [-0.15, -0.1) is 0 Å². The Morgan fingerprint density at radius 3 is 2.50 bits per heavy atom. The number of hydrogen-bond donors (Lipinski definition) is 2. The van der Waals surface area contributed by atoms with E-state index < -0.39 is 23.4 Å². The Balaban J connectivity index is 1.56. The molecular formula is C20H28N4O4. The summed E-state index contributed by atoms with van der Waals surface area (Å²) in [7, 11) is 0. The molecule has 0 aliphatic carbocycles. The van der Waals surface area contributed by atoms with E-state index in [0.29, 0.717) is 25.9 Å². The van der Waals surface area contributed by atoms with Crippen molar-refractivity contribution in [2.24, 2.45) is 0 Å². The molecule has 4 amide bonds. The maximum atomic E-state index is 12.8. The molecule has 2 saturated heterocycles. The van der Waals surface area contributed by atoms with Crippen molar-refractivity contribution < 1.29 is 19.1 Å². The molecule has 8 heteroatoms. The SMILES string of the molecule is CC1CN(CC(=O)NN2C(=O)NC(C)(CCc3ccccc3)C2=O)CC(C)O1. The molecule has 3 unspecified atom stereocenters. The second kappa shape index (κ2) is 8.28. The monoisotopic (exact) mass is 388 g/mol. The largest absolute Gasteiger partial charge is 0.373 e. The number of aryl methyl sites for hydroxylation is 1. The predicted molar refractivity (Wildman–Crippen MR) is 103 cm³/mol. The molecule has 2 fully saturated rings. The molecular weight excluding hydrogens is 360 g/mol. The minimum absolute atomic E-state index is 0.0366. The quantitative estimate of drug-likeness (QED) is 0.712. The summed E-state index contributed by atoms with van der Waals surface area (Å²) in [5.74, 6) is -0.831. The first kappa shape index (κ1) is 20.3. The van der Waals surface area contributed by atoms with E-state index in [1.54, 1.807) is 6.92 Å². The summed E-state index contributed by atoms with van der Waals surface area (Å²) in [5, 5.41) is 3.52. The Morgan fingerprint density at radius 2 is 1.86 bits per heavy atom. The van der Waals surface area contributed by atoms with Gasteiger partial charge in [0.1, 0.15) is 5.54 Å². The van der Waals surface area contributed by atoms with Gasteiger partial charge in [0, 0.05) is 13.1 Å². The van der Waals surface area contributed by atoms with Crippen molar-refractivity contribution in [3.05, 3.63) is 35.9 Å². The van der Waals surface area contributed by atoms with Gasteiger partial charge in [-0.05, 0) is 39.2 Å². The number of ether oxygens (including phenoxy) is 1. The molecule has 3 rings (SSSR count). The molecule has 0 spiro atoms. The molecule has 1 aromatic carbocycles. The number of carbonyl (C=O) groups excluding carboxylic acids is 3. The van der Waals surface area contributed by atoms with Crippen LogP contribution in [-0.2, 0) is 20.7 Å². The van der Waals surface area contributed by atoms with E-state index in [2.05, 4.69) is 10.7 Å². The predicted octanol–water partition coefficient (Wildman–Crippen LogP) is 1.07. The lowest BCUT2D eigenvalue weighted by atomic mass is 9.93. The van der Waals surface area contributed by atoms with Gasteiger partial charge in [0.25, 0.3) is 11.8 Å². The normalized spacial score (nSPS) is 28.3. The van der Waals surface area contributed by atoms with Crippen LogP contribution in [0.3, 0.4) is 0 Å². The van der Waals surface area contributed by atoms with Gasteiger partial charge in [-0.2, -0.15) is 5.01 Å². The number of imide groups is 1. The van der Waals surface area contributed by atoms with Gasteiger partial charge in [-0.25, -0.2) is 4.79 Å². The van der Waals surface area contributed by atoms with Crippen LogP contribution in [0.4, 0.5) is 4.79 Å². The minimum Gasteiger partial charge on any atom is -0.373 e. The van der Waals surface area contributed by atoms with Gasteiger partial charge >= 0.3 is 6.03 Å². The lowest BCUT2D eigenvalue weighted by Gasteiger charge is -2.34. The summed E-state index contributed by atoms with van der Waals surface area (Å²) in [6, 6.07) is 9.17. The van der Waals surface area contributed by atoms with Crippen molar-refractivity contribution in [1.82, 2.24) is 20.7 Å². The first-order chi connectivity index (χ1) is 13.3. The van der Waals surface area contributed by atoms with Crippen molar-refractivity contribution >= 4 is 17.8 Å². The van der Waals surface area contributed by atoms with Crippen LogP contribution in [0, 0.1) is 0 Å². The fraction of sp³-hybridized carbons (Fsp3) is 0.550. The van der Waals surface area contributed by atoms with E-state index in [9.17, 15) is 14.4 Å². The number of amides is 4. The number of hydrazine groups is 1. The summed E-state index contributed by atoms with van der Waals surface area (Å²) in [6.45, 7) is 6.97. The number of rotatable bonds is 6. The van der Waals surface area contributed by atoms with E-state index in [1.165, 1.54) is 0 Å². The standard InChI is InChI=1S/C20H28N4O4/c1-14-11-23(12-15(2)28-14)13-17(25)22-24-18(26)20(3,21-19(24)27)10-9-16-7-5-4-6-8-16/h4-8,14-15H,9-13H2,1-3H3,(H,21,27)(H,22,25). The highest BCUT2D eigenvalue weighted by atomic mass is 16.5. The van der Waals surface area contributed by atoms with Gasteiger partial charge in [0.2, 0.25) is 0 Å². The molecule has 2 aliphatic rings. The van der Waals surface area contributed by atoms with E-state index in [0.717, 1.165) is 10.6 Å². The van der Waals surface area contributed by atoms with Crippen LogP contribution < -0.4 is 10.7 Å². The molecule has 2 aliphatic heterocycles.